The lowest BCUT2D eigenvalue weighted by atomic mass is 10.1. The number of carbonyl (C=O) groups excluding carboxylic acids is 2. The summed E-state index contributed by atoms with van der Waals surface area (Å²) >= 11 is 1.34. The Kier molecular flexibility index (Phi) is 5.23. The van der Waals surface area contributed by atoms with Crippen molar-refractivity contribution in [3.63, 3.8) is 0 Å². The van der Waals surface area contributed by atoms with Crippen LogP contribution in [0.5, 0.6) is 11.5 Å². The molecule has 0 radical (unpaired) electrons. The average Bonchev–Trinajstić information content (AvgIpc) is 3.30. The van der Waals surface area contributed by atoms with E-state index in [4.69, 9.17) is 9.47 Å². The molecule has 0 aliphatic heterocycles. The van der Waals surface area contributed by atoms with Gasteiger partial charge in [0, 0.05) is 6.04 Å². The summed E-state index contributed by atoms with van der Waals surface area (Å²) in [6.07, 6.45) is 2.23. The zero-order valence-electron chi connectivity index (χ0n) is 14.1. The van der Waals surface area contributed by atoms with E-state index >= 15 is 0 Å². The normalized spacial score (nSPS) is 13.2. The number of hydrogen-bond donors (Lipinski definition) is 2. The molecule has 0 bridgehead atoms. The number of carbonyl (C=O) groups is 2. The van der Waals surface area contributed by atoms with Crippen molar-refractivity contribution < 1.29 is 19.1 Å². The first-order valence-corrected chi connectivity index (χ1v) is 8.87. The Balaban J connectivity index is 1.65. The molecule has 3 rings (SSSR count). The van der Waals surface area contributed by atoms with Crippen molar-refractivity contribution in [2.75, 3.05) is 19.5 Å². The van der Waals surface area contributed by atoms with Crippen LogP contribution in [0.2, 0.25) is 0 Å². The molecule has 132 valence electrons. The second kappa shape index (κ2) is 7.57. The summed E-state index contributed by atoms with van der Waals surface area (Å²) in [6.45, 7) is 0. The third-order valence-corrected chi connectivity index (χ3v) is 4.72. The van der Waals surface area contributed by atoms with Crippen molar-refractivity contribution in [2.24, 2.45) is 0 Å². The monoisotopic (exact) mass is 360 g/mol. The van der Waals surface area contributed by atoms with Gasteiger partial charge in [-0.1, -0.05) is 6.07 Å². The van der Waals surface area contributed by atoms with Crippen molar-refractivity contribution in [3.8, 4) is 11.5 Å². The minimum absolute atomic E-state index is 0.134. The first-order chi connectivity index (χ1) is 12.1. The van der Waals surface area contributed by atoms with E-state index in [0.717, 1.165) is 18.4 Å². The summed E-state index contributed by atoms with van der Waals surface area (Å²) in [6, 6.07) is 7.36. The van der Waals surface area contributed by atoms with Crippen LogP contribution < -0.4 is 20.1 Å². The number of amides is 2. The van der Waals surface area contributed by atoms with Gasteiger partial charge in [0.1, 0.15) is 5.00 Å². The standard InChI is InChI=1S/C18H20N2O4S/c1-23-14-6-3-11(9-15(14)24-2)10-16(21)20-18-13(7-8-25-18)17(22)19-12-4-5-12/h3,6-9,12H,4-5,10H2,1-2H3,(H,19,22)(H,20,21). The molecule has 0 spiro atoms. The first kappa shape index (κ1) is 17.3. The summed E-state index contributed by atoms with van der Waals surface area (Å²) in [5.41, 5.74) is 1.31. The van der Waals surface area contributed by atoms with Crippen LogP contribution in [0.3, 0.4) is 0 Å². The summed E-state index contributed by atoms with van der Waals surface area (Å²) in [5, 5.41) is 8.13. The molecule has 1 saturated carbocycles. The number of rotatable bonds is 7. The highest BCUT2D eigenvalue weighted by atomic mass is 32.1. The SMILES string of the molecule is COc1ccc(CC(=O)Nc2sccc2C(=O)NC2CC2)cc1OC. The molecule has 2 aromatic rings. The maximum atomic E-state index is 12.3. The van der Waals surface area contributed by atoms with Gasteiger partial charge in [0.05, 0.1) is 26.2 Å². The molecule has 1 aromatic heterocycles. The lowest BCUT2D eigenvalue weighted by Crippen LogP contribution is -2.26. The molecule has 25 heavy (non-hydrogen) atoms. The lowest BCUT2D eigenvalue weighted by Gasteiger charge is -2.10. The van der Waals surface area contributed by atoms with Crippen molar-refractivity contribution in [1.29, 1.82) is 0 Å². The Bertz CT molecular complexity index is 783. The molecule has 1 aromatic carbocycles. The minimum Gasteiger partial charge on any atom is -0.493 e. The number of benzene rings is 1. The smallest absolute Gasteiger partial charge is 0.254 e. The quantitative estimate of drug-likeness (QED) is 0.796. The third-order valence-electron chi connectivity index (χ3n) is 3.89. The van der Waals surface area contributed by atoms with Crippen LogP contribution in [0, 0.1) is 0 Å². The number of methoxy groups -OCH3 is 2. The molecule has 1 heterocycles. The maximum Gasteiger partial charge on any atom is 0.254 e. The van der Waals surface area contributed by atoms with Crippen molar-refractivity contribution in [1.82, 2.24) is 5.32 Å². The van der Waals surface area contributed by atoms with Gasteiger partial charge in [0.15, 0.2) is 11.5 Å². The van der Waals surface area contributed by atoms with Gasteiger partial charge in [-0.3, -0.25) is 9.59 Å². The van der Waals surface area contributed by atoms with Gasteiger partial charge < -0.3 is 20.1 Å². The van der Waals surface area contributed by atoms with Gasteiger partial charge in [0.25, 0.3) is 5.91 Å². The Labute approximate surface area is 150 Å². The largest absolute Gasteiger partial charge is 0.493 e. The van der Waals surface area contributed by atoms with Crippen molar-refractivity contribution in [2.45, 2.75) is 25.3 Å². The molecular formula is C18H20N2O4S. The summed E-state index contributed by atoms with van der Waals surface area (Å²) in [7, 11) is 3.12. The zero-order chi connectivity index (χ0) is 17.8. The maximum absolute atomic E-state index is 12.3. The van der Waals surface area contributed by atoms with Crippen LogP contribution in [0.25, 0.3) is 0 Å². The minimum atomic E-state index is -0.185. The second-order valence-electron chi connectivity index (χ2n) is 5.83. The van der Waals surface area contributed by atoms with E-state index < -0.39 is 0 Å². The van der Waals surface area contributed by atoms with Crippen LogP contribution in [-0.4, -0.2) is 32.1 Å². The van der Waals surface area contributed by atoms with Crippen LogP contribution in [-0.2, 0) is 11.2 Å². The van der Waals surface area contributed by atoms with E-state index in [9.17, 15) is 9.59 Å². The van der Waals surface area contributed by atoms with Gasteiger partial charge in [-0.15, -0.1) is 11.3 Å². The topological polar surface area (TPSA) is 76.7 Å². The molecule has 7 heteroatoms. The third kappa shape index (κ3) is 4.30. The highest BCUT2D eigenvalue weighted by Crippen LogP contribution is 2.29. The number of hydrogen-bond acceptors (Lipinski definition) is 5. The van der Waals surface area contributed by atoms with Gasteiger partial charge in [-0.2, -0.15) is 0 Å². The summed E-state index contributed by atoms with van der Waals surface area (Å²) < 4.78 is 10.4. The fourth-order valence-electron chi connectivity index (χ4n) is 2.42. The number of nitrogens with one attached hydrogen (secondary N) is 2. The Morgan fingerprint density at radius 2 is 1.92 bits per heavy atom. The van der Waals surface area contributed by atoms with Gasteiger partial charge in [0.2, 0.25) is 5.91 Å². The van der Waals surface area contributed by atoms with Crippen molar-refractivity contribution >= 4 is 28.2 Å². The first-order valence-electron chi connectivity index (χ1n) is 8.00. The molecule has 0 atom stereocenters. The fraction of sp³-hybridized carbons (Fsp3) is 0.333. The number of thiophene rings is 1. The lowest BCUT2D eigenvalue weighted by molar-refractivity contribution is -0.115. The second-order valence-corrected chi connectivity index (χ2v) is 6.74. The number of ether oxygens (including phenoxy) is 2. The molecule has 1 aliphatic carbocycles. The van der Waals surface area contributed by atoms with E-state index in [1.54, 1.807) is 37.8 Å². The van der Waals surface area contributed by atoms with E-state index in [0.29, 0.717) is 22.1 Å². The molecule has 2 N–H and O–H groups in total. The summed E-state index contributed by atoms with van der Waals surface area (Å²) in [4.78, 5) is 24.5. The van der Waals surface area contributed by atoms with Gasteiger partial charge in [-0.05, 0) is 42.0 Å². The Morgan fingerprint density at radius 1 is 1.16 bits per heavy atom. The molecule has 1 aliphatic rings. The van der Waals surface area contributed by atoms with E-state index in [1.165, 1.54) is 11.3 Å². The van der Waals surface area contributed by atoms with E-state index in [-0.39, 0.29) is 24.3 Å². The molecule has 0 unspecified atom stereocenters. The van der Waals surface area contributed by atoms with Gasteiger partial charge in [-0.25, -0.2) is 0 Å². The predicted octanol–water partition coefficient (Wildman–Crippen LogP) is 2.84. The fourth-order valence-corrected chi connectivity index (χ4v) is 3.22. The predicted molar refractivity (Wildman–Crippen MR) is 96.7 cm³/mol. The van der Waals surface area contributed by atoms with Crippen molar-refractivity contribution in [3.05, 3.63) is 40.8 Å². The zero-order valence-corrected chi connectivity index (χ0v) is 14.9. The van der Waals surface area contributed by atoms with E-state index in [1.807, 2.05) is 6.07 Å². The van der Waals surface area contributed by atoms with Crippen LogP contribution in [0.1, 0.15) is 28.8 Å². The molecule has 2 amide bonds. The average molecular weight is 360 g/mol. The Hall–Kier alpha value is -2.54. The highest BCUT2D eigenvalue weighted by Gasteiger charge is 2.25. The number of anilines is 1. The van der Waals surface area contributed by atoms with Crippen LogP contribution in [0.15, 0.2) is 29.6 Å². The molecular weight excluding hydrogens is 340 g/mol. The van der Waals surface area contributed by atoms with Crippen LogP contribution in [0.4, 0.5) is 5.00 Å². The van der Waals surface area contributed by atoms with E-state index in [2.05, 4.69) is 10.6 Å². The van der Waals surface area contributed by atoms with Gasteiger partial charge >= 0.3 is 0 Å². The molecule has 6 nitrogen and oxygen atoms in total. The highest BCUT2D eigenvalue weighted by molar-refractivity contribution is 7.14. The van der Waals surface area contributed by atoms with Crippen LogP contribution >= 0.6 is 11.3 Å². The molecule has 1 fully saturated rings. The Morgan fingerprint density at radius 3 is 2.60 bits per heavy atom. The summed E-state index contributed by atoms with van der Waals surface area (Å²) in [5.74, 6) is 0.873. The molecule has 0 saturated heterocycles.